The minimum absolute atomic E-state index is 0.0994. The first-order chi connectivity index (χ1) is 6.02. The number of unbranched alkanes of at least 4 members (excludes halogenated alkanes) is 1. The predicted molar refractivity (Wildman–Crippen MR) is 55.1 cm³/mol. The van der Waals surface area contributed by atoms with Gasteiger partial charge >= 0.3 is 7.60 Å². The molecule has 0 saturated heterocycles. The van der Waals surface area contributed by atoms with E-state index in [9.17, 15) is 9.46 Å². The van der Waals surface area contributed by atoms with Gasteiger partial charge in [0.1, 0.15) is 0 Å². The van der Waals surface area contributed by atoms with Crippen LogP contribution in [0, 0.1) is 0 Å². The second kappa shape index (κ2) is 6.58. The quantitative estimate of drug-likeness (QED) is 0.653. The second-order valence-corrected chi connectivity index (χ2v) is 5.35. The molecule has 0 amide bonds. The Morgan fingerprint density at radius 1 is 1.38 bits per heavy atom. The third kappa shape index (κ3) is 7.24. The van der Waals surface area contributed by atoms with Crippen LogP contribution in [0.4, 0.5) is 0 Å². The summed E-state index contributed by atoms with van der Waals surface area (Å²) in [6, 6.07) is 0. The molecular formula is C9H21O3P. The zero-order valence-electron chi connectivity index (χ0n) is 8.82. The normalized spacial score (nSPS) is 18.2. The number of hydrogen-bond acceptors (Lipinski definition) is 2. The van der Waals surface area contributed by atoms with E-state index in [0.29, 0.717) is 0 Å². The first kappa shape index (κ1) is 13.2. The van der Waals surface area contributed by atoms with E-state index < -0.39 is 7.60 Å². The molecule has 0 fully saturated rings. The van der Waals surface area contributed by atoms with E-state index >= 15 is 0 Å². The highest BCUT2D eigenvalue weighted by Crippen LogP contribution is 2.44. The molecule has 0 bridgehead atoms. The van der Waals surface area contributed by atoms with Crippen molar-refractivity contribution in [3.8, 4) is 0 Å². The van der Waals surface area contributed by atoms with Gasteiger partial charge in [0.15, 0.2) is 0 Å². The van der Waals surface area contributed by atoms with Gasteiger partial charge in [0.2, 0.25) is 0 Å². The lowest BCUT2D eigenvalue weighted by Crippen LogP contribution is -2.07. The van der Waals surface area contributed by atoms with Crippen LogP contribution in [0.3, 0.4) is 0 Å². The molecule has 0 aromatic heterocycles. The lowest BCUT2D eigenvalue weighted by atomic mass is 10.2. The third-order valence-electron chi connectivity index (χ3n) is 1.83. The summed E-state index contributed by atoms with van der Waals surface area (Å²) in [5.41, 5.74) is 0. The Kier molecular flexibility index (Phi) is 6.66. The van der Waals surface area contributed by atoms with Gasteiger partial charge < -0.3 is 9.42 Å². The monoisotopic (exact) mass is 208 g/mol. The molecule has 3 nitrogen and oxygen atoms in total. The molecule has 0 aromatic rings. The molecule has 0 aliphatic carbocycles. The second-order valence-electron chi connectivity index (χ2n) is 3.42. The number of rotatable bonds is 7. The smallest absolute Gasteiger partial charge is 0.324 e. The fourth-order valence-electron chi connectivity index (χ4n) is 1.15. The Bertz CT molecular complexity index is 170. The minimum Gasteiger partial charge on any atom is -0.324 e. The largest absolute Gasteiger partial charge is 0.328 e. The van der Waals surface area contributed by atoms with E-state index in [1.165, 1.54) is 0 Å². The topological polar surface area (TPSA) is 46.5 Å². The molecule has 0 aliphatic heterocycles. The maximum atomic E-state index is 11.4. The van der Waals surface area contributed by atoms with E-state index in [1.807, 2.05) is 20.8 Å². The summed E-state index contributed by atoms with van der Waals surface area (Å²) in [5.74, 6) is 0. The Hall–Kier alpha value is 0.150. The SMILES string of the molecule is CCCCP(=O)(O)OC(C)CCC. The summed E-state index contributed by atoms with van der Waals surface area (Å²) in [7, 11) is -3.29. The molecule has 2 atom stereocenters. The lowest BCUT2D eigenvalue weighted by molar-refractivity contribution is 0.179. The van der Waals surface area contributed by atoms with Gasteiger partial charge in [0.25, 0.3) is 0 Å². The molecule has 0 heterocycles. The van der Waals surface area contributed by atoms with Gasteiger partial charge in [-0.3, -0.25) is 4.57 Å². The van der Waals surface area contributed by atoms with Crippen molar-refractivity contribution in [2.75, 3.05) is 6.16 Å². The van der Waals surface area contributed by atoms with Crippen molar-refractivity contribution >= 4 is 7.60 Å². The average molecular weight is 208 g/mol. The highest BCUT2D eigenvalue weighted by atomic mass is 31.2. The van der Waals surface area contributed by atoms with Crippen molar-refractivity contribution in [1.29, 1.82) is 0 Å². The van der Waals surface area contributed by atoms with Crippen LogP contribution < -0.4 is 0 Å². The minimum atomic E-state index is -3.29. The van der Waals surface area contributed by atoms with Gasteiger partial charge in [0, 0.05) is 6.16 Å². The van der Waals surface area contributed by atoms with Crippen LogP contribution in [-0.2, 0) is 9.09 Å². The van der Waals surface area contributed by atoms with E-state index in [4.69, 9.17) is 4.52 Å². The Morgan fingerprint density at radius 2 is 2.00 bits per heavy atom. The van der Waals surface area contributed by atoms with Crippen LogP contribution in [0.25, 0.3) is 0 Å². The maximum Gasteiger partial charge on any atom is 0.328 e. The van der Waals surface area contributed by atoms with Crippen LogP contribution in [0.15, 0.2) is 0 Å². The van der Waals surface area contributed by atoms with E-state index in [0.717, 1.165) is 25.7 Å². The van der Waals surface area contributed by atoms with Crippen LogP contribution in [0.2, 0.25) is 0 Å². The van der Waals surface area contributed by atoms with Gasteiger partial charge in [-0.2, -0.15) is 0 Å². The van der Waals surface area contributed by atoms with Gasteiger partial charge in [0.05, 0.1) is 6.10 Å². The maximum absolute atomic E-state index is 11.4. The summed E-state index contributed by atoms with van der Waals surface area (Å²) in [5, 5.41) is 0. The molecule has 4 heteroatoms. The third-order valence-corrected chi connectivity index (χ3v) is 3.40. The van der Waals surface area contributed by atoms with Gasteiger partial charge in [-0.05, 0) is 19.8 Å². The average Bonchev–Trinajstić information content (AvgIpc) is 2.00. The van der Waals surface area contributed by atoms with Gasteiger partial charge in [-0.15, -0.1) is 0 Å². The first-order valence-electron chi connectivity index (χ1n) is 5.02. The van der Waals surface area contributed by atoms with Crippen molar-refractivity contribution in [1.82, 2.24) is 0 Å². The fraction of sp³-hybridized carbons (Fsp3) is 1.00. The molecule has 2 unspecified atom stereocenters. The molecule has 0 saturated carbocycles. The highest BCUT2D eigenvalue weighted by molar-refractivity contribution is 7.52. The summed E-state index contributed by atoms with van der Waals surface area (Å²) in [6.07, 6.45) is 3.70. The first-order valence-corrected chi connectivity index (χ1v) is 6.78. The van der Waals surface area contributed by atoms with Crippen molar-refractivity contribution < 1.29 is 14.0 Å². The summed E-state index contributed by atoms with van der Waals surface area (Å²) >= 11 is 0. The summed E-state index contributed by atoms with van der Waals surface area (Å²) in [6.45, 7) is 5.88. The molecular weight excluding hydrogens is 187 g/mol. The molecule has 13 heavy (non-hydrogen) atoms. The standard InChI is InChI=1S/C9H21O3P/c1-4-6-8-13(10,11)12-9(3)7-5-2/h9H,4-8H2,1-3H3,(H,10,11). The fourth-order valence-corrected chi connectivity index (χ4v) is 2.64. The van der Waals surface area contributed by atoms with Crippen LogP contribution >= 0.6 is 7.60 Å². The molecule has 80 valence electrons. The molecule has 0 aliphatic rings. The van der Waals surface area contributed by atoms with Gasteiger partial charge in [-0.1, -0.05) is 26.7 Å². The molecule has 0 radical (unpaired) electrons. The van der Waals surface area contributed by atoms with Crippen molar-refractivity contribution in [3.05, 3.63) is 0 Å². The summed E-state index contributed by atoms with van der Waals surface area (Å²) < 4.78 is 16.5. The molecule has 1 N–H and O–H groups in total. The Labute approximate surface area is 81.0 Å². The van der Waals surface area contributed by atoms with Crippen LogP contribution in [0.1, 0.15) is 46.5 Å². The van der Waals surface area contributed by atoms with Crippen molar-refractivity contribution in [2.24, 2.45) is 0 Å². The Morgan fingerprint density at radius 3 is 2.46 bits per heavy atom. The Balaban J connectivity index is 3.79. The highest BCUT2D eigenvalue weighted by Gasteiger charge is 2.21. The van der Waals surface area contributed by atoms with Crippen LogP contribution in [0.5, 0.6) is 0 Å². The summed E-state index contributed by atoms with van der Waals surface area (Å²) in [4.78, 5) is 9.38. The number of hydrogen-bond donors (Lipinski definition) is 1. The van der Waals surface area contributed by atoms with E-state index in [2.05, 4.69) is 0 Å². The zero-order valence-corrected chi connectivity index (χ0v) is 9.72. The van der Waals surface area contributed by atoms with E-state index in [1.54, 1.807) is 0 Å². The molecule has 0 aromatic carbocycles. The molecule has 0 spiro atoms. The van der Waals surface area contributed by atoms with Crippen molar-refractivity contribution in [2.45, 2.75) is 52.6 Å². The molecule has 0 rings (SSSR count). The van der Waals surface area contributed by atoms with E-state index in [-0.39, 0.29) is 12.3 Å². The van der Waals surface area contributed by atoms with Gasteiger partial charge in [-0.25, -0.2) is 0 Å². The predicted octanol–water partition coefficient (Wildman–Crippen LogP) is 3.18. The lowest BCUT2D eigenvalue weighted by Gasteiger charge is -2.16. The van der Waals surface area contributed by atoms with Crippen LogP contribution in [-0.4, -0.2) is 17.2 Å². The van der Waals surface area contributed by atoms with Crippen molar-refractivity contribution in [3.63, 3.8) is 0 Å². The zero-order chi connectivity index (χ0) is 10.3.